The van der Waals surface area contributed by atoms with Crippen molar-refractivity contribution in [2.75, 3.05) is 29.7 Å². The lowest BCUT2D eigenvalue weighted by molar-refractivity contribution is 0.748. The zero-order valence-electron chi connectivity index (χ0n) is 11.9. The van der Waals surface area contributed by atoms with Gasteiger partial charge in [-0.15, -0.1) is 0 Å². The molecule has 5 heteroatoms. The fourth-order valence-corrected chi connectivity index (χ4v) is 2.32. The summed E-state index contributed by atoms with van der Waals surface area (Å²) in [6.45, 7) is 6.41. The van der Waals surface area contributed by atoms with Gasteiger partial charge in [0, 0.05) is 30.8 Å². The van der Waals surface area contributed by atoms with Crippen molar-refractivity contribution in [1.82, 2.24) is 9.97 Å². The first-order valence-electron chi connectivity index (χ1n) is 6.42. The second kappa shape index (κ2) is 7.46. The number of thioether (sulfide) groups is 1. The third-order valence-corrected chi connectivity index (χ3v) is 3.46. The smallest absolute Gasteiger partial charge is 0.135 e. The highest BCUT2D eigenvalue weighted by Crippen LogP contribution is 2.18. The Morgan fingerprint density at radius 1 is 1.28 bits per heavy atom. The predicted octanol–water partition coefficient (Wildman–Crippen LogP) is 3.20. The van der Waals surface area contributed by atoms with Crippen molar-refractivity contribution in [1.29, 1.82) is 0 Å². The minimum absolute atomic E-state index is 0.333. The number of hydrogen-bond acceptors (Lipinski definition) is 5. The van der Waals surface area contributed by atoms with Crippen LogP contribution in [0.1, 0.15) is 38.9 Å². The van der Waals surface area contributed by atoms with Gasteiger partial charge in [-0.05, 0) is 12.7 Å². The molecule has 18 heavy (non-hydrogen) atoms. The summed E-state index contributed by atoms with van der Waals surface area (Å²) in [6, 6.07) is 2.43. The highest BCUT2D eigenvalue weighted by molar-refractivity contribution is 7.98. The Kier molecular flexibility index (Phi) is 6.25. The van der Waals surface area contributed by atoms with E-state index in [2.05, 4.69) is 47.6 Å². The number of nitrogens with zero attached hydrogens (tertiary/aromatic N) is 2. The van der Waals surface area contributed by atoms with E-state index >= 15 is 0 Å². The average molecular weight is 268 g/mol. The Balaban J connectivity index is 2.89. The van der Waals surface area contributed by atoms with E-state index in [-0.39, 0.29) is 0 Å². The van der Waals surface area contributed by atoms with Gasteiger partial charge in [-0.2, -0.15) is 11.8 Å². The summed E-state index contributed by atoms with van der Waals surface area (Å²) in [4.78, 5) is 9.04. The lowest BCUT2D eigenvalue weighted by Gasteiger charge is -2.18. The maximum Gasteiger partial charge on any atom is 0.135 e. The third-order valence-electron chi connectivity index (χ3n) is 2.73. The molecule has 0 radical (unpaired) electrons. The molecule has 0 spiro atoms. The van der Waals surface area contributed by atoms with Crippen LogP contribution < -0.4 is 10.6 Å². The lowest BCUT2D eigenvalue weighted by atomic mass is 10.2. The quantitative estimate of drug-likeness (QED) is 0.795. The Bertz CT molecular complexity index is 368. The van der Waals surface area contributed by atoms with Gasteiger partial charge < -0.3 is 10.6 Å². The number of nitrogens with one attached hydrogen (secondary N) is 2. The molecule has 1 aromatic rings. The molecule has 0 fully saturated rings. The van der Waals surface area contributed by atoms with Crippen LogP contribution in [0.5, 0.6) is 0 Å². The van der Waals surface area contributed by atoms with Crippen molar-refractivity contribution in [2.24, 2.45) is 0 Å². The Labute approximate surface area is 114 Å². The van der Waals surface area contributed by atoms with Gasteiger partial charge in [0.1, 0.15) is 17.5 Å². The van der Waals surface area contributed by atoms with Crippen LogP contribution in [0.25, 0.3) is 0 Å². The van der Waals surface area contributed by atoms with Crippen LogP contribution in [0.3, 0.4) is 0 Å². The molecule has 0 aliphatic rings. The first kappa shape index (κ1) is 15.1. The van der Waals surface area contributed by atoms with Crippen LogP contribution in [-0.4, -0.2) is 35.1 Å². The fraction of sp³-hybridized carbons (Fsp3) is 0.692. The number of rotatable bonds is 7. The number of hydrogen-bond donors (Lipinski definition) is 2. The van der Waals surface area contributed by atoms with E-state index in [0.717, 1.165) is 29.6 Å². The maximum atomic E-state index is 4.58. The van der Waals surface area contributed by atoms with E-state index in [4.69, 9.17) is 0 Å². The molecule has 1 atom stereocenters. The van der Waals surface area contributed by atoms with E-state index in [1.165, 1.54) is 0 Å². The maximum absolute atomic E-state index is 4.58. The first-order chi connectivity index (χ1) is 8.60. The molecular formula is C13H24N4S. The van der Waals surface area contributed by atoms with Gasteiger partial charge in [0.25, 0.3) is 0 Å². The molecule has 1 heterocycles. The molecule has 1 aromatic heterocycles. The van der Waals surface area contributed by atoms with Gasteiger partial charge in [0.15, 0.2) is 0 Å². The molecule has 0 saturated heterocycles. The van der Waals surface area contributed by atoms with Gasteiger partial charge in [0.2, 0.25) is 0 Å². The molecule has 1 unspecified atom stereocenters. The summed E-state index contributed by atoms with van der Waals surface area (Å²) in [5.74, 6) is 4.09. The Hall–Kier alpha value is -0.970. The van der Waals surface area contributed by atoms with Crippen molar-refractivity contribution in [3.8, 4) is 0 Å². The summed E-state index contributed by atoms with van der Waals surface area (Å²) in [5, 5.41) is 6.58. The standard InChI is InChI=1S/C13H24N4S/c1-6-10(8-18-5)15-12-7-11(14-4)16-13(17-12)9(2)3/h7,9-10H,6,8H2,1-5H3,(H2,14,15,16,17). The Morgan fingerprint density at radius 2 is 1.94 bits per heavy atom. The summed E-state index contributed by atoms with van der Waals surface area (Å²) >= 11 is 1.85. The third kappa shape index (κ3) is 4.37. The van der Waals surface area contributed by atoms with Gasteiger partial charge in [-0.25, -0.2) is 9.97 Å². The van der Waals surface area contributed by atoms with Crippen LogP contribution in [0.2, 0.25) is 0 Å². The molecule has 0 aromatic carbocycles. The molecular weight excluding hydrogens is 244 g/mol. The zero-order chi connectivity index (χ0) is 13.5. The molecule has 0 bridgehead atoms. The van der Waals surface area contributed by atoms with Crippen molar-refractivity contribution < 1.29 is 0 Å². The van der Waals surface area contributed by atoms with Gasteiger partial charge >= 0.3 is 0 Å². The summed E-state index contributed by atoms with van der Waals surface area (Å²) in [6.07, 6.45) is 3.22. The van der Waals surface area contributed by atoms with Crippen molar-refractivity contribution in [3.05, 3.63) is 11.9 Å². The van der Waals surface area contributed by atoms with E-state index in [1.54, 1.807) is 0 Å². The average Bonchev–Trinajstić information content (AvgIpc) is 2.37. The molecule has 0 saturated carbocycles. The topological polar surface area (TPSA) is 49.8 Å². The molecule has 0 aliphatic carbocycles. The van der Waals surface area contributed by atoms with Crippen molar-refractivity contribution in [3.63, 3.8) is 0 Å². The molecule has 2 N–H and O–H groups in total. The SMILES string of the molecule is CCC(CSC)Nc1cc(NC)nc(C(C)C)n1. The fourth-order valence-electron chi connectivity index (χ4n) is 1.60. The molecule has 1 rings (SSSR count). The normalized spacial score (nSPS) is 12.6. The summed E-state index contributed by atoms with van der Waals surface area (Å²) < 4.78 is 0. The second-order valence-electron chi connectivity index (χ2n) is 4.61. The molecule has 102 valence electrons. The largest absolute Gasteiger partial charge is 0.373 e. The van der Waals surface area contributed by atoms with Gasteiger partial charge in [-0.1, -0.05) is 20.8 Å². The van der Waals surface area contributed by atoms with Crippen molar-refractivity contribution >= 4 is 23.4 Å². The number of anilines is 2. The molecule has 4 nitrogen and oxygen atoms in total. The second-order valence-corrected chi connectivity index (χ2v) is 5.52. The summed E-state index contributed by atoms with van der Waals surface area (Å²) in [5.41, 5.74) is 0. The minimum Gasteiger partial charge on any atom is -0.373 e. The summed E-state index contributed by atoms with van der Waals surface area (Å²) in [7, 11) is 1.88. The highest BCUT2D eigenvalue weighted by atomic mass is 32.2. The van der Waals surface area contributed by atoms with E-state index < -0.39 is 0 Å². The zero-order valence-corrected chi connectivity index (χ0v) is 12.8. The van der Waals surface area contributed by atoms with Crippen LogP contribution in [0, 0.1) is 0 Å². The first-order valence-corrected chi connectivity index (χ1v) is 7.82. The van der Waals surface area contributed by atoms with E-state index in [0.29, 0.717) is 12.0 Å². The predicted molar refractivity (Wildman–Crippen MR) is 81.8 cm³/mol. The van der Waals surface area contributed by atoms with E-state index in [1.807, 2.05) is 24.9 Å². The Morgan fingerprint density at radius 3 is 2.44 bits per heavy atom. The lowest BCUT2D eigenvalue weighted by Crippen LogP contribution is -2.22. The van der Waals surface area contributed by atoms with Crippen LogP contribution in [-0.2, 0) is 0 Å². The van der Waals surface area contributed by atoms with Gasteiger partial charge in [0.05, 0.1) is 0 Å². The molecule has 0 aliphatic heterocycles. The van der Waals surface area contributed by atoms with Crippen LogP contribution in [0.15, 0.2) is 6.07 Å². The van der Waals surface area contributed by atoms with Gasteiger partial charge in [-0.3, -0.25) is 0 Å². The van der Waals surface area contributed by atoms with Crippen molar-refractivity contribution in [2.45, 2.75) is 39.2 Å². The van der Waals surface area contributed by atoms with Crippen LogP contribution in [0.4, 0.5) is 11.6 Å². The monoisotopic (exact) mass is 268 g/mol. The highest BCUT2D eigenvalue weighted by Gasteiger charge is 2.10. The minimum atomic E-state index is 0.333. The van der Waals surface area contributed by atoms with E-state index in [9.17, 15) is 0 Å². The van der Waals surface area contributed by atoms with Crippen LogP contribution >= 0.6 is 11.8 Å². The molecule has 0 amide bonds. The number of aromatic nitrogens is 2.